The molecule has 0 bridgehead atoms. The van der Waals surface area contributed by atoms with Gasteiger partial charge in [-0.25, -0.2) is 0 Å². The van der Waals surface area contributed by atoms with E-state index in [1.165, 1.54) is 6.07 Å². The van der Waals surface area contributed by atoms with Crippen LogP contribution in [0.15, 0.2) is 35.1 Å². The third-order valence-electron chi connectivity index (χ3n) is 2.76. The lowest BCUT2D eigenvalue weighted by Gasteiger charge is -2.03. The second-order valence-electron chi connectivity index (χ2n) is 4.08. The average molecular weight is 261 g/mol. The van der Waals surface area contributed by atoms with Crippen LogP contribution in [0.5, 0.6) is 5.75 Å². The summed E-state index contributed by atoms with van der Waals surface area (Å²) in [5, 5.41) is 2.68. The summed E-state index contributed by atoms with van der Waals surface area (Å²) in [6, 6.07) is 8.44. The summed E-state index contributed by atoms with van der Waals surface area (Å²) in [5.74, 6) is 0.397. The Balaban J connectivity index is 2.15. The number of aromatic nitrogens is 2. The molecule has 1 heterocycles. The molecule has 0 amide bonds. The van der Waals surface area contributed by atoms with Gasteiger partial charge < -0.3 is 10.5 Å². The number of ether oxygens (including phenoxy) is 1. The highest BCUT2D eigenvalue weighted by Gasteiger charge is 2.11. The third kappa shape index (κ3) is 2.92. The first-order valence-electron chi connectivity index (χ1n) is 5.81. The molecule has 0 fully saturated rings. The van der Waals surface area contributed by atoms with E-state index in [0.717, 1.165) is 16.0 Å². The van der Waals surface area contributed by atoms with Crippen LogP contribution in [0.4, 0.5) is 0 Å². The molecule has 100 valence electrons. The Morgan fingerprint density at radius 1 is 1.37 bits per heavy atom. The number of carbonyl (C=O) groups excluding carboxylic acids is 1. The molecule has 0 unspecified atom stereocenters. The van der Waals surface area contributed by atoms with Crippen LogP contribution in [0.1, 0.15) is 16.1 Å². The van der Waals surface area contributed by atoms with Crippen molar-refractivity contribution in [2.75, 3.05) is 7.11 Å². The lowest BCUT2D eigenvalue weighted by molar-refractivity contribution is 0.0894. The molecule has 0 aliphatic carbocycles. The molecule has 3 N–H and O–H groups in total. The molecular formula is C13H15N3O3. The molecule has 0 saturated heterocycles. The zero-order valence-corrected chi connectivity index (χ0v) is 10.6. The molecule has 1 aromatic heterocycles. The second kappa shape index (κ2) is 5.53. The lowest BCUT2D eigenvalue weighted by Crippen LogP contribution is -2.25. The summed E-state index contributed by atoms with van der Waals surface area (Å²) in [7, 11) is 1.58. The minimum absolute atomic E-state index is 0.133. The maximum Gasteiger partial charge on any atom is 0.273 e. The molecule has 19 heavy (non-hydrogen) atoms. The standard InChI is InChI=1S/C13H15N3O3/c1-19-11-4-2-9(3-5-11)6-12(17)16-13(18)7-10(8-14)15-16/h2-5,7,15H,6,8,14H2,1H3. The van der Waals surface area contributed by atoms with Gasteiger partial charge in [-0.3, -0.25) is 14.7 Å². The minimum Gasteiger partial charge on any atom is -0.497 e. The van der Waals surface area contributed by atoms with E-state index in [2.05, 4.69) is 5.10 Å². The van der Waals surface area contributed by atoms with Crippen molar-refractivity contribution in [3.05, 3.63) is 51.9 Å². The zero-order valence-electron chi connectivity index (χ0n) is 10.6. The van der Waals surface area contributed by atoms with Crippen LogP contribution in [0.2, 0.25) is 0 Å². The third-order valence-corrected chi connectivity index (χ3v) is 2.76. The predicted molar refractivity (Wildman–Crippen MR) is 70.3 cm³/mol. The fourth-order valence-corrected chi connectivity index (χ4v) is 1.73. The second-order valence-corrected chi connectivity index (χ2v) is 4.08. The Labute approximate surface area is 109 Å². The van der Waals surface area contributed by atoms with Crippen molar-refractivity contribution in [1.29, 1.82) is 0 Å². The van der Waals surface area contributed by atoms with E-state index >= 15 is 0 Å². The highest BCUT2D eigenvalue weighted by Crippen LogP contribution is 2.11. The summed E-state index contributed by atoms with van der Waals surface area (Å²) < 4.78 is 6.01. The van der Waals surface area contributed by atoms with E-state index in [4.69, 9.17) is 10.5 Å². The molecule has 0 spiro atoms. The maximum absolute atomic E-state index is 12.0. The number of hydrogen-bond donors (Lipinski definition) is 2. The number of carbonyl (C=O) groups is 1. The highest BCUT2D eigenvalue weighted by molar-refractivity contribution is 5.80. The lowest BCUT2D eigenvalue weighted by atomic mass is 10.1. The van der Waals surface area contributed by atoms with Crippen LogP contribution in [0.3, 0.4) is 0 Å². The van der Waals surface area contributed by atoms with Gasteiger partial charge in [0.15, 0.2) is 0 Å². The Hall–Kier alpha value is -2.34. The summed E-state index contributed by atoms with van der Waals surface area (Å²) in [5.41, 5.74) is 6.36. The summed E-state index contributed by atoms with van der Waals surface area (Å²) in [6.07, 6.45) is 0.133. The van der Waals surface area contributed by atoms with Gasteiger partial charge in [0.1, 0.15) is 5.75 Å². The van der Waals surface area contributed by atoms with E-state index in [1.807, 2.05) is 0 Å². The Kier molecular flexibility index (Phi) is 3.82. The average Bonchev–Trinajstić information content (AvgIpc) is 2.81. The molecule has 0 atom stereocenters. The fraction of sp³-hybridized carbons (Fsp3) is 0.231. The molecule has 0 radical (unpaired) electrons. The number of hydrogen-bond acceptors (Lipinski definition) is 4. The molecule has 2 aromatic rings. The summed E-state index contributed by atoms with van der Waals surface area (Å²) >= 11 is 0. The van der Waals surface area contributed by atoms with E-state index in [0.29, 0.717) is 5.69 Å². The number of nitrogens with zero attached hydrogens (tertiary/aromatic N) is 1. The van der Waals surface area contributed by atoms with Gasteiger partial charge in [-0.2, -0.15) is 4.68 Å². The summed E-state index contributed by atoms with van der Waals surface area (Å²) in [6.45, 7) is 0.193. The monoisotopic (exact) mass is 261 g/mol. The van der Waals surface area contributed by atoms with Crippen LogP contribution in [-0.2, 0) is 13.0 Å². The molecule has 0 saturated carbocycles. The molecule has 1 aromatic carbocycles. The summed E-state index contributed by atoms with van der Waals surface area (Å²) in [4.78, 5) is 23.5. The number of methoxy groups -OCH3 is 1. The van der Waals surface area contributed by atoms with Crippen LogP contribution in [-0.4, -0.2) is 22.8 Å². The number of benzene rings is 1. The molecule has 0 aliphatic heterocycles. The van der Waals surface area contributed by atoms with Crippen LogP contribution in [0, 0.1) is 0 Å². The first-order chi connectivity index (χ1) is 9.13. The zero-order chi connectivity index (χ0) is 13.8. The molecular weight excluding hydrogens is 246 g/mol. The van der Waals surface area contributed by atoms with Crippen molar-refractivity contribution >= 4 is 5.91 Å². The number of aromatic amines is 1. The fourth-order valence-electron chi connectivity index (χ4n) is 1.73. The minimum atomic E-state index is -0.390. The van der Waals surface area contributed by atoms with Gasteiger partial charge in [0, 0.05) is 12.6 Å². The number of rotatable bonds is 4. The number of nitrogens with two attached hydrogens (primary N) is 1. The van der Waals surface area contributed by atoms with Crippen LogP contribution < -0.4 is 16.0 Å². The highest BCUT2D eigenvalue weighted by atomic mass is 16.5. The van der Waals surface area contributed by atoms with Crippen LogP contribution >= 0.6 is 0 Å². The van der Waals surface area contributed by atoms with Gasteiger partial charge >= 0.3 is 0 Å². The van der Waals surface area contributed by atoms with E-state index in [-0.39, 0.29) is 24.4 Å². The Bertz CT molecular complexity index is 625. The number of nitrogens with one attached hydrogen (secondary N) is 1. The van der Waals surface area contributed by atoms with E-state index in [9.17, 15) is 9.59 Å². The van der Waals surface area contributed by atoms with Crippen LogP contribution in [0.25, 0.3) is 0 Å². The van der Waals surface area contributed by atoms with Crippen molar-refractivity contribution in [1.82, 2.24) is 9.78 Å². The first kappa shape index (κ1) is 13.1. The Morgan fingerprint density at radius 2 is 2.05 bits per heavy atom. The smallest absolute Gasteiger partial charge is 0.273 e. The number of H-pyrrole nitrogens is 1. The van der Waals surface area contributed by atoms with E-state index < -0.39 is 0 Å². The Morgan fingerprint density at radius 3 is 2.58 bits per heavy atom. The van der Waals surface area contributed by atoms with Gasteiger partial charge in [0.05, 0.1) is 19.2 Å². The molecule has 6 nitrogen and oxygen atoms in total. The van der Waals surface area contributed by atoms with Crippen molar-refractivity contribution < 1.29 is 9.53 Å². The quantitative estimate of drug-likeness (QED) is 0.839. The molecule has 0 aliphatic rings. The van der Waals surface area contributed by atoms with Crippen molar-refractivity contribution in [3.8, 4) is 5.75 Å². The first-order valence-corrected chi connectivity index (χ1v) is 5.81. The molecule has 2 rings (SSSR count). The van der Waals surface area contributed by atoms with Crippen molar-refractivity contribution in [3.63, 3.8) is 0 Å². The van der Waals surface area contributed by atoms with Gasteiger partial charge in [-0.15, -0.1) is 0 Å². The topological polar surface area (TPSA) is 90.1 Å². The predicted octanol–water partition coefficient (Wildman–Crippen LogP) is 0.527. The molecule has 6 heteroatoms. The van der Waals surface area contributed by atoms with Crippen molar-refractivity contribution in [2.45, 2.75) is 13.0 Å². The van der Waals surface area contributed by atoms with E-state index in [1.54, 1.807) is 31.4 Å². The van der Waals surface area contributed by atoms with Gasteiger partial charge in [0.25, 0.3) is 11.5 Å². The SMILES string of the molecule is COc1ccc(CC(=O)n2[nH]c(CN)cc2=O)cc1. The largest absolute Gasteiger partial charge is 0.497 e. The van der Waals surface area contributed by atoms with Crippen molar-refractivity contribution in [2.24, 2.45) is 5.73 Å². The van der Waals surface area contributed by atoms with Gasteiger partial charge in [-0.05, 0) is 17.7 Å². The van der Waals surface area contributed by atoms with Gasteiger partial charge in [0.2, 0.25) is 0 Å². The van der Waals surface area contributed by atoms with Gasteiger partial charge in [-0.1, -0.05) is 12.1 Å². The normalized spacial score (nSPS) is 10.4. The maximum atomic E-state index is 12.0.